The zero-order chi connectivity index (χ0) is 17.2. The Balaban J connectivity index is 1.80. The lowest BCUT2D eigenvalue weighted by atomic mass is 9.92. The Morgan fingerprint density at radius 2 is 2.04 bits per heavy atom. The molecule has 1 aliphatic carbocycles. The summed E-state index contributed by atoms with van der Waals surface area (Å²) >= 11 is 0. The molecule has 2 aromatic rings. The van der Waals surface area contributed by atoms with E-state index < -0.39 is 11.5 Å². The van der Waals surface area contributed by atoms with Gasteiger partial charge >= 0.3 is 5.97 Å². The molecule has 6 nitrogen and oxygen atoms in total. The molecular formula is C18H20N2O4. The Morgan fingerprint density at radius 3 is 2.62 bits per heavy atom. The highest BCUT2D eigenvalue weighted by molar-refractivity contribution is 5.96. The standard InChI is InChI=1S/C18H20N2O4/c1-12-13(6-7-14(19-12)15-5-4-10-24-15)17(23)20-18(11-16(21)22)8-2-3-9-18/h4-7,10H,2-3,8-9,11H2,1H3,(H,20,23)(H,21,22). The Labute approximate surface area is 139 Å². The summed E-state index contributed by atoms with van der Waals surface area (Å²) < 4.78 is 5.31. The fraction of sp³-hybridized carbons (Fsp3) is 0.389. The van der Waals surface area contributed by atoms with E-state index in [2.05, 4.69) is 10.3 Å². The molecule has 1 aliphatic rings. The Bertz CT molecular complexity index is 746. The maximum absolute atomic E-state index is 12.6. The van der Waals surface area contributed by atoms with Crippen molar-refractivity contribution in [1.82, 2.24) is 10.3 Å². The number of rotatable bonds is 5. The Kier molecular flexibility index (Phi) is 4.38. The number of furan rings is 1. The molecule has 24 heavy (non-hydrogen) atoms. The van der Waals surface area contributed by atoms with Gasteiger partial charge in [-0.3, -0.25) is 9.59 Å². The molecule has 2 N–H and O–H groups in total. The van der Waals surface area contributed by atoms with Crippen LogP contribution in [0.4, 0.5) is 0 Å². The monoisotopic (exact) mass is 328 g/mol. The average molecular weight is 328 g/mol. The van der Waals surface area contributed by atoms with Crippen LogP contribution in [0.5, 0.6) is 0 Å². The van der Waals surface area contributed by atoms with E-state index in [9.17, 15) is 9.59 Å². The Morgan fingerprint density at radius 1 is 1.29 bits per heavy atom. The van der Waals surface area contributed by atoms with Crippen molar-refractivity contribution in [3.63, 3.8) is 0 Å². The van der Waals surface area contributed by atoms with Crippen molar-refractivity contribution < 1.29 is 19.1 Å². The Hall–Kier alpha value is -2.63. The van der Waals surface area contributed by atoms with Gasteiger partial charge in [0.2, 0.25) is 0 Å². The van der Waals surface area contributed by atoms with Gasteiger partial charge in [0.15, 0.2) is 5.76 Å². The summed E-state index contributed by atoms with van der Waals surface area (Å²) in [4.78, 5) is 28.2. The second-order valence-electron chi connectivity index (χ2n) is 6.32. The lowest BCUT2D eigenvalue weighted by Crippen LogP contribution is -2.48. The van der Waals surface area contributed by atoms with Crippen LogP contribution in [-0.4, -0.2) is 27.5 Å². The molecule has 0 spiro atoms. The van der Waals surface area contributed by atoms with Crippen LogP contribution < -0.4 is 5.32 Å². The van der Waals surface area contributed by atoms with E-state index in [1.54, 1.807) is 31.4 Å². The van der Waals surface area contributed by atoms with Crippen molar-refractivity contribution >= 4 is 11.9 Å². The highest BCUT2D eigenvalue weighted by Gasteiger charge is 2.37. The minimum atomic E-state index is -0.889. The summed E-state index contributed by atoms with van der Waals surface area (Å²) in [6, 6.07) is 7.03. The molecule has 0 aromatic carbocycles. The van der Waals surface area contributed by atoms with Crippen LogP contribution in [0.15, 0.2) is 34.9 Å². The second-order valence-corrected chi connectivity index (χ2v) is 6.32. The zero-order valence-corrected chi connectivity index (χ0v) is 13.5. The number of hydrogen-bond acceptors (Lipinski definition) is 4. The van der Waals surface area contributed by atoms with Gasteiger partial charge in [0.05, 0.1) is 29.5 Å². The van der Waals surface area contributed by atoms with E-state index >= 15 is 0 Å². The van der Waals surface area contributed by atoms with Gasteiger partial charge in [-0.25, -0.2) is 4.98 Å². The zero-order valence-electron chi connectivity index (χ0n) is 13.5. The van der Waals surface area contributed by atoms with E-state index in [-0.39, 0.29) is 12.3 Å². The molecule has 1 amide bonds. The average Bonchev–Trinajstić information content (AvgIpc) is 3.18. The molecular weight excluding hydrogens is 308 g/mol. The number of carboxylic acid groups (broad SMARTS) is 1. The number of carbonyl (C=O) groups excluding carboxylic acids is 1. The van der Waals surface area contributed by atoms with Crippen LogP contribution in [-0.2, 0) is 4.79 Å². The molecule has 2 heterocycles. The van der Waals surface area contributed by atoms with E-state index in [1.165, 1.54) is 0 Å². The van der Waals surface area contributed by atoms with Gasteiger partial charge in [-0.2, -0.15) is 0 Å². The summed E-state index contributed by atoms with van der Waals surface area (Å²) in [6.07, 6.45) is 4.78. The first-order chi connectivity index (χ1) is 11.5. The van der Waals surface area contributed by atoms with Crippen LogP contribution >= 0.6 is 0 Å². The maximum Gasteiger partial charge on any atom is 0.305 e. The number of amides is 1. The third-order valence-corrected chi connectivity index (χ3v) is 4.53. The second kappa shape index (κ2) is 6.47. The molecule has 0 unspecified atom stereocenters. The molecule has 2 aromatic heterocycles. The van der Waals surface area contributed by atoms with Crippen molar-refractivity contribution in [2.45, 2.75) is 44.6 Å². The molecule has 0 atom stereocenters. The van der Waals surface area contributed by atoms with Crippen LogP contribution in [0.25, 0.3) is 11.5 Å². The molecule has 0 bridgehead atoms. The molecule has 6 heteroatoms. The van der Waals surface area contributed by atoms with E-state index in [1.807, 2.05) is 6.07 Å². The van der Waals surface area contributed by atoms with Crippen LogP contribution in [0.2, 0.25) is 0 Å². The SMILES string of the molecule is Cc1nc(-c2ccco2)ccc1C(=O)NC1(CC(=O)O)CCCC1. The van der Waals surface area contributed by atoms with Crippen molar-refractivity contribution in [2.75, 3.05) is 0 Å². The van der Waals surface area contributed by atoms with Crippen LogP contribution in [0, 0.1) is 6.92 Å². The topological polar surface area (TPSA) is 92.4 Å². The summed E-state index contributed by atoms with van der Waals surface area (Å²) in [5.41, 5.74) is 1.07. The summed E-state index contributed by atoms with van der Waals surface area (Å²) in [6.45, 7) is 1.76. The summed E-state index contributed by atoms with van der Waals surface area (Å²) in [5.74, 6) is -0.516. The van der Waals surface area contributed by atoms with Gasteiger partial charge in [-0.15, -0.1) is 0 Å². The normalized spacial score (nSPS) is 16.0. The molecule has 0 aliphatic heterocycles. The van der Waals surface area contributed by atoms with Crippen molar-refractivity contribution in [2.24, 2.45) is 0 Å². The predicted molar refractivity (Wildman–Crippen MR) is 87.6 cm³/mol. The molecule has 0 saturated heterocycles. The molecule has 3 rings (SSSR count). The van der Waals surface area contributed by atoms with Gasteiger partial charge in [-0.05, 0) is 44.0 Å². The minimum Gasteiger partial charge on any atom is -0.481 e. The van der Waals surface area contributed by atoms with Crippen LogP contribution in [0.1, 0.15) is 48.2 Å². The van der Waals surface area contributed by atoms with Crippen molar-refractivity contribution in [3.05, 3.63) is 41.8 Å². The molecule has 1 saturated carbocycles. The van der Waals surface area contributed by atoms with Gasteiger partial charge in [0.25, 0.3) is 5.91 Å². The lowest BCUT2D eigenvalue weighted by Gasteiger charge is -2.29. The number of hydrogen-bond donors (Lipinski definition) is 2. The first-order valence-electron chi connectivity index (χ1n) is 8.05. The number of aryl methyl sites for hydroxylation is 1. The first-order valence-corrected chi connectivity index (χ1v) is 8.05. The number of nitrogens with one attached hydrogen (secondary N) is 1. The van der Waals surface area contributed by atoms with Gasteiger partial charge in [-0.1, -0.05) is 12.8 Å². The maximum atomic E-state index is 12.6. The van der Waals surface area contributed by atoms with Gasteiger partial charge < -0.3 is 14.8 Å². The van der Waals surface area contributed by atoms with Crippen molar-refractivity contribution in [3.8, 4) is 11.5 Å². The van der Waals surface area contributed by atoms with E-state index in [0.29, 0.717) is 35.6 Å². The molecule has 126 valence electrons. The van der Waals surface area contributed by atoms with Crippen LogP contribution in [0.3, 0.4) is 0 Å². The largest absolute Gasteiger partial charge is 0.481 e. The number of aromatic nitrogens is 1. The third kappa shape index (κ3) is 3.32. The third-order valence-electron chi connectivity index (χ3n) is 4.53. The first kappa shape index (κ1) is 16.2. The van der Waals surface area contributed by atoms with E-state index in [4.69, 9.17) is 9.52 Å². The fourth-order valence-electron chi connectivity index (χ4n) is 3.36. The minimum absolute atomic E-state index is 0.0459. The van der Waals surface area contributed by atoms with E-state index in [0.717, 1.165) is 12.8 Å². The highest BCUT2D eigenvalue weighted by Crippen LogP contribution is 2.33. The molecule has 0 radical (unpaired) electrons. The van der Waals surface area contributed by atoms with Gasteiger partial charge in [0, 0.05) is 0 Å². The smallest absolute Gasteiger partial charge is 0.305 e. The van der Waals surface area contributed by atoms with Crippen molar-refractivity contribution in [1.29, 1.82) is 0 Å². The number of aliphatic carboxylic acids is 1. The number of nitrogens with zero attached hydrogens (tertiary/aromatic N) is 1. The number of pyridine rings is 1. The summed E-state index contributed by atoms with van der Waals surface area (Å²) in [7, 11) is 0. The number of carbonyl (C=O) groups is 2. The fourth-order valence-corrected chi connectivity index (χ4v) is 3.36. The quantitative estimate of drug-likeness (QED) is 0.879. The lowest BCUT2D eigenvalue weighted by molar-refractivity contribution is -0.138. The highest BCUT2D eigenvalue weighted by atomic mass is 16.4. The number of carboxylic acids is 1. The van der Waals surface area contributed by atoms with Gasteiger partial charge in [0.1, 0.15) is 5.69 Å². The predicted octanol–water partition coefficient (Wildman–Crippen LogP) is 3.17. The molecule has 1 fully saturated rings. The summed E-state index contributed by atoms with van der Waals surface area (Å²) in [5, 5.41) is 12.1.